The molecule has 0 aromatic carbocycles. The van der Waals surface area contributed by atoms with Crippen molar-refractivity contribution in [3.05, 3.63) is 26.4 Å². The van der Waals surface area contributed by atoms with Gasteiger partial charge in [-0.25, -0.2) is 4.79 Å². The maximum Gasteiger partial charge on any atom is 0.425 e. The molecule has 0 radical (unpaired) electrons. The summed E-state index contributed by atoms with van der Waals surface area (Å²) in [6.45, 7) is 3.32. The van der Waals surface area contributed by atoms with Crippen LogP contribution in [0.2, 0.25) is 0 Å². The Hall–Kier alpha value is -2.30. The first kappa shape index (κ1) is 19.0. The van der Waals surface area contributed by atoms with Gasteiger partial charge in [-0.2, -0.15) is 13.2 Å². The van der Waals surface area contributed by atoms with E-state index in [0.717, 1.165) is 4.57 Å². The van der Waals surface area contributed by atoms with E-state index in [-0.39, 0.29) is 12.5 Å². The number of anilines is 1. The molecular weight excluding hydrogens is 369 g/mol. The molecule has 1 atom stereocenters. The molecule has 138 valence electrons. The van der Waals surface area contributed by atoms with Crippen molar-refractivity contribution in [1.82, 2.24) is 14.9 Å². The van der Waals surface area contributed by atoms with Crippen molar-refractivity contribution in [3.8, 4) is 0 Å². The van der Waals surface area contributed by atoms with Gasteiger partial charge in [-0.3, -0.25) is 23.9 Å². The van der Waals surface area contributed by atoms with Crippen LogP contribution < -0.4 is 21.9 Å². The van der Waals surface area contributed by atoms with Crippen LogP contribution in [0.1, 0.15) is 19.4 Å². The van der Waals surface area contributed by atoms with E-state index in [1.807, 2.05) is 5.32 Å². The largest absolute Gasteiger partial charge is 0.425 e. The van der Waals surface area contributed by atoms with E-state index in [1.54, 1.807) is 18.8 Å². The normalized spacial score (nSPS) is 19.7. The van der Waals surface area contributed by atoms with Crippen molar-refractivity contribution >= 4 is 29.2 Å². The van der Waals surface area contributed by atoms with Crippen molar-refractivity contribution in [1.29, 1.82) is 0 Å². The monoisotopic (exact) mass is 382 g/mol. The summed E-state index contributed by atoms with van der Waals surface area (Å²) in [6, 6.07) is 0. The fourth-order valence-corrected chi connectivity index (χ4v) is 2.67. The molecule has 0 saturated heterocycles. The van der Waals surface area contributed by atoms with Crippen LogP contribution in [0.4, 0.5) is 19.0 Å². The molecule has 1 aromatic heterocycles. The van der Waals surface area contributed by atoms with Crippen molar-refractivity contribution in [2.24, 2.45) is 5.92 Å². The van der Waals surface area contributed by atoms with Crippen molar-refractivity contribution in [2.75, 3.05) is 11.2 Å². The van der Waals surface area contributed by atoms with E-state index in [9.17, 15) is 32.3 Å². The fourth-order valence-electron chi connectivity index (χ4n) is 2.61. The average molecular weight is 383 g/mol. The number of alkyl halides is 4. The minimum absolute atomic E-state index is 0.0599. The molecule has 2 heterocycles. The molecule has 0 bridgehead atoms. The highest BCUT2D eigenvalue weighted by molar-refractivity contribution is 6.27. The summed E-state index contributed by atoms with van der Waals surface area (Å²) in [5.41, 5.74) is -7.12. The molecule has 0 saturated carbocycles. The number of aromatic amines is 1. The predicted molar refractivity (Wildman–Crippen MR) is 81.4 cm³/mol. The maximum atomic E-state index is 13.8. The van der Waals surface area contributed by atoms with Crippen LogP contribution in [0.15, 0.2) is 9.59 Å². The minimum atomic E-state index is -5.35. The molecule has 1 aliphatic rings. The smallest absolute Gasteiger partial charge is 0.329 e. The Balaban J connectivity index is 2.85. The zero-order valence-corrected chi connectivity index (χ0v) is 13.8. The summed E-state index contributed by atoms with van der Waals surface area (Å²) >= 11 is 5.23. The van der Waals surface area contributed by atoms with Gasteiger partial charge in [0.05, 0.1) is 0 Å². The van der Waals surface area contributed by atoms with E-state index < -0.39 is 52.0 Å². The van der Waals surface area contributed by atoms with Gasteiger partial charge in [-0.05, 0) is 5.92 Å². The van der Waals surface area contributed by atoms with Gasteiger partial charge >= 0.3 is 11.9 Å². The number of halogens is 4. The van der Waals surface area contributed by atoms with Crippen LogP contribution in [0.25, 0.3) is 0 Å². The van der Waals surface area contributed by atoms with Gasteiger partial charge < -0.3 is 10.6 Å². The molecule has 0 unspecified atom stereocenters. The second-order valence-electron chi connectivity index (χ2n) is 5.87. The first-order chi connectivity index (χ1) is 11.5. The Kier molecular flexibility index (Phi) is 4.73. The lowest BCUT2D eigenvalue weighted by atomic mass is 9.92. The highest BCUT2D eigenvalue weighted by atomic mass is 35.5. The molecule has 0 aliphatic carbocycles. The molecule has 3 N–H and O–H groups in total. The van der Waals surface area contributed by atoms with Gasteiger partial charge in [-0.1, -0.05) is 13.8 Å². The highest BCUT2D eigenvalue weighted by Crippen LogP contribution is 2.44. The van der Waals surface area contributed by atoms with Gasteiger partial charge in [0.15, 0.2) is 0 Å². The summed E-state index contributed by atoms with van der Waals surface area (Å²) in [5, 5.41) is 3.39. The zero-order chi connectivity index (χ0) is 19.2. The Labute approximate surface area is 143 Å². The van der Waals surface area contributed by atoms with Crippen LogP contribution in [0, 0.1) is 5.92 Å². The van der Waals surface area contributed by atoms with E-state index >= 15 is 0 Å². The van der Waals surface area contributed by atoms with Crippen molar-refractivity contribution in [3.63, 3.8) is 0 Å². The Morgan fingerprint density at radius 3 is 2.40 bits per heavy atom. The van der Waals surface area contributed by atoms with Crippen molar-refractivity contribution < 1.29 is 22.8 Å². The molecule has 1 aromatic rings. The number of amides is 2. The maximum absolute atomic E-state index is 13.8. The van der Waals surface area contributed by atoms with E-state index in [2.05, 4.69) is 0 Å². The van der Waals surface area contributed by atoms with Crippen LogP contribution in [0.3, 0.4) is 0 Å². The lowest BCUT2D eigenvalue weighted by molar-refractivity contribution is -0.200. The second kappa shape index (κ2) is 6.21. The fraction of sp³-hybridized carbons (Fsp3) is 0.538. The number of H-pyrrole nitrogens is 1. The standard InChI is InChI=1S/C13H14ClF3N4O4/c1-5(2)4-21-8-7(9(23)19-11(21)25)12(10(24)18-8,13(15,16)17)20-6(22)3-14/h5H,3-4H2,1-2H3,(H,18,24)(H,20,22)(H,19,23,25)/t12-/m0/s1. The number of aromatic nitrogens is 2. The van der Waals surface area contributed by atoms with Gasteiger partial charge in [0.1, 0.15) is 17.3 Å². The molecule has 12 heteroatoms. The van der Waals surface area contributed by atoms with Gasteiger partial charge in [0.2, 0.25) is 11.4 Å². The van der Waals surface area contributed by atoms with Gasteiger partial charge in [0.25, 0.3) is 11.5 Å². The molecule has 0 fully saturated rings. The zero-order valence-electron chi connectivity index (χ0n) is 13.1. The third-order valence-corrected chi connectivity index (χ3v) is 3.81. The number of rotatable bonds is 4. The number of carbonyl (C=O) groups excluding carboxylic acids is 2. The predicted octanol–water partition coefficient (Wildman–Crippen LogP) is 0.257. The number of carbonyl (C=O) groups is 2. The third kappa shape index (κ3) is 2.92. The van der Waals surface area contributed by atoms with Gasteiger partial charge in [0, 0.05) is 6.54 Å². The summed E-state index contributed by atoms with van der Waals surface area (Å²) in [5.74, 6) is -4.63. The molecule has 25 heavy (non-hydrogen) atoms. The third-order valence-electron chi connectivity index (χ3n) is 3.57. The minimum Gasteiger partial charge on any atom is -0.329 e. The Bertz CT molecular complexity index is 845. The summed E-state index contributed by atoms with van der Waals surface area (Å²) < 4.78 is 42.1. The average Bonchev–Trinajstić information content (AvgIpc) is 2.77. The second-order valence-corrected chi connectivity index (χ2v) is 6.14. The van der Waals surface area contributed by atoms with Crippen LogP contribution >= 0.6 is 11.6 Å². The lowest BCUT2D eigenvalue weighted by Gasteiger charge is -2.29. The quantitative estimate of drug-likeness (QED) is 0.648. The number of hydrogen-bond donors (Lipinski definition) is 3. The molecule has 2 rings (SSSR count). The van der Waals surface area contributed by atoms with Gasteiger partial charge in [-0.15, -0.1) is 11.6 Å². The molecular formula is C13H14ClF3N4O4. The topological polar surface area (TPSA) is 113 Å². The molecule has 8 nitrogen and oxygen atoms in total. The Morgan fingerprint density at radius 1 is 1.32 bits per heavy atom. The van der Waals surface area contributed by atoms with Crippen LogP contribution in [-0.4, -0.2) is 33.4 Å². The highest BCUT2D eigenvalue weighted by Gasteiger charge is 2.68. The van der Waals surface area contributed by atoms with Crippen molar-refractivity contribution in [2.45, 2.75) is 32.1 Å². The van der Waals surface area contributed by atoms with E-state index in [4.69, 9.17) is 11.6 Å². The Morgan fingerprint density at radius 2 is 1.92 bits per heavy atom. The number of hydrogen-bond acceptors (Lipinski definition) is 4. The summed E-state index contributed by atoms with van der Waals surface area (Å²) in [4.78, 5) is 49.5. The number of nitrogens with zero attached hydrogens (tertiary/aromatic N) is 1. The summed E-state index contributed by atoms with van der Waals surface area (Å²) in [6.07, 6.45) is -5.35. The van der Waals surface area contributed by atoms with E-state index in [0.29, 0.717) is 0 Å². The molecule has 1 aliphatic heterocycles. The SMILES string of the molecule is CC(C)Cn1c2c(c(=O)[nH]c1=O)[C@@](NC(=O)CCl)(C(F)(F)F)C(=O)N2. The number of fused-ring (bicyclic) bond motifs is 1. The lowest BCUT2D eigenvalue weighted by Crippen LogP contribution is -2.62. The first-order valence-electron chi connectivity index (χ1n) is 7.08. The van der Waals surface area contributed by atoms with Crippen LogP contribution in [0.5, 0.6) is 0 Å². The van der Waals surface area contributed by atoms with E-state index in [1.165, 1.54) is 5.32 Å². The first-order valence-corrected chi connectivity index (χ1v) is 7.62. The molecule has 2 amide bonds. The van der Waals surface area contributed by atoms with Crippen LogP contribution in [-0.2, 0) is 21.7 Å². The number of nitrogens with one attached hydrogen (secondary N) is 3. The molecule has 0 spiro atoms. The summed E-state index contributed by atoms with van der Waals surface area (Å²) in [7, 11) is 0.